The van der Waals surface area contributed by atoms with Crippen molar-refractivity contribution in [2.24, 2.45) is 5.92 Å². The second kappa shape index (κ2) is 12.9. The molecule has 0 unspecified atom stereocenters. The summed E-state index contributed by atoms with van der Waals surface area (Å²) in [5.74, 6) is -0.307. The number of nitrogens with one attached hydrogen (secondary N) is 1. The molecule has 0 radical (unpaired) electrons. The van der Waals surface area contributed by atoms with E-state index >= 15 is 0 Å². The van der Waals surface area contributed by atoms with E-state index in [4.69, 9.17) is 9.47 Å². The molecule has 0 aliphatic carbocycles. The molecule has 0 saturated heterocycles. The number of anilines is 1. The van der Waals surface area contributed by atoms with E-state index in [1.54, 1.807) is 55.6 Å². The molecule has 0 aliphatic heterocycles. The Morgan fingerprint density at radius 1 is 0.975 bits per heavy atom. The Hall–Kier alpha value is -4.73. The average molecular weight is 544 g/mol. The number of ether oxygens (including phenoxy) is 2. The van der Waals surface area contributed by atoms with Crippen LogP contribution < -0.4 is 15.0 Å². The van der Waals surface area contributed by atoms with Crippen LogP contribution in [0.25, 0.3) is 11.0 Å². The number of fused-ring (bicyclic) bond motifs is 1. The van der Waals surface area contributed by atoms with Gasteiger partial charge in [-0.05, 0) is 66.4 Å². The van der Waals surface area contributed by atoms with E-state index < -0.39 is 17.9 Å². The molecule has 0 fully saturated rings. The molecule has 10 nitrogen and oxygen atoms in total. The minimum Gasteiger partial charge on any atom is -0.497 e. The van der Waals surface area contributed by atoms with Crippen LogP contribution in [0.3, 0.4) is 0 Å². The molecular weight excluding hydrogens is 510 g/mol. The fraction of sp³-hybridized carbons (Fsp3) is 0.300. The largest absolute Gasteiger partial charge is 0.497 e. The maximum atomic E-state index is 14.1. The lowest BCUT2D eigenvalue weighted by Gasteiger charge is -2.32. The van der Waals surface area contributed by atoms with Crippen LogP contribution in [0.4, 0.5) is 5.69 Å². The maximum Gasteiger partial charge on any atom is 0.337 e. The van der Waals surface area contributed by atoms with Crippen molar-refractivity contribution in [3.8, 4) is 5.75 Å². The van der Waals surface area contributed by atoms with E-state index in [1.165, 1.54) is 16.7 Å². The Morgan fingerprint density at radius 3 is 2.42 bits per heavy atom. The van der Waals surface area contributed by atoms with Crippen LogP contribution in [0, 0.1) is 5.92 Å². The highest BCUT2D eigenvalue weighted by atomic mass is 16.5. The first-order valence-electron chi connectivity index (χ1n) is 13.0. The van der Waals surface area contributed by atoms with Crippen molar-refractivity contribution in [2.75, 3.05) is 25.7 Å². The third-order valence-corrected chi connectivity index (χ3v) is 6.48. The van der Waals surface area contributed by atoms with Gasteiger partial charge in [0, 0.05) is 12.2 Å². The molecule has 1 aromatic heterocycles. The standard InChI is InChI=1S/C30H33N5O5/c1-20(2)16-17-31-29(37)28(22-8-7-9-24(18-22)39-3)35(23-14-12-21(13-15-23)30(38)40-4)27(36)19-34-26-11-6-5-10-25(26)32-33-34/h5-15,18,20,28H,16-17,19H2,1-4H3,(H,31,37)/t28-/m1/s1. The number of methoxy groups -OCH3 is 2. The zero-order valence-corrected chi connectivity index (χ0v) is 23.0. The lowest BCUT2D eigenvalue weighted by molar-refractivity contribution is -0.127. The SMILES string of the molecule is COC(=O)c1ccc(N(C(=O)Cn2nnc3ccccc32)[C@@H](C(=O)NCCC(C)C)c2cccc(OC)c2)cc1. The summed E-state index contributed by atoms with van der Waals surface area (Å²) in [6, 6.07) is 19.7. The molecule has 0 saturated carbocycles. The van der Waals surface area contributed by atoms with Crippen LogP contribution in [-0.2, 0) is 20.9 Å². The molecule has 1 atom stereocenters. The fourth-order valence-corrected chi connectivity index (χ4v) is 4.36. The van der Waals surface area contributed by atoms with Gasteiger partial charge in [-0.1, -0.05) is 43.3 Å². The number of rotatable bonds is 11. The van der Waals surface area contributed by atoms with Gasteiger partial charge in [0.05, 0.1) is 25.3 Å². The molecule has 0 aliphatic rings. The van der Waals surface area contributed by atoms with Crippen molar-refractivity contribution in [3.63, 3.8) is 0 Å². The predicted molar refractivity (Wildman–Crippen MR) is 151 cm³/mol. The van der Waals surface area contributed by atoms with Crippen LogP contribution in [-0.4, -0.2) is 53.5 Å². The molecule has 0 spiro atoms. The van der Waals surface area contributed by atoms with Gasteiger partial charge in [0.25, 0.3) is 0 Å². The summed E-state index contributed by atoms with van der Waals surface area (Å²) < 4.78 is 11.8. The number of carbonyl (C=O) groups is 3. The molecule has 10 heteroatoms. The van der Waals surface area contributed by atoms with Crippen LogP contribution in [0.1, 0.15) is 42.2 Å². The number of hydrogen-bond acceptors (Lipinski definition) is 7. The summed E-state index contributed by atoms with van der Waals surface area (Å²) in [6.07, 6.45) is 0.781. The Kier molecular flexibility index (Phi) is 9.11. The van der Waals surface area contributed by atoms with Crippen molar-refractivity contribution in [1.29, 1.82) is 0 Å². The molecule has 1 N–H and O–H groups in total. The number of amides is 2. The van der Waals surface area contributed by atoms with Crippen LogP contribution in [0.15, 0.2) is 72.8 Å². The molecule has 208 valence electrons. The summed E-state index contributed by atoms with van der Waals surface area (Å²) in [5.41, 5.74) is 2.65. The fourth-order valence-electron chi connectivity index (χ4n) is 4.36. The van der Waals surface area contributed by atoms with Gasteiger partial charge in [0.1, 0.15) is 23.9 Å². The summed E-state index contributed by atoms with van der Waals surface area (Å²) in [7, 11) is 2.84. The molecule has 4 aromatic rings. The van der Waals surface area contributed by atoms with Gasteiger partial charge in [0.2, 0.25) is 11.8 Å². The molecule has 2 amide bonds. The van der Waals surface area contributed by atoms with E-state index in [1.807, 2.05) is 24.3 Å². The normalized spacial score (nSPS) is 11.7. The van der Waals surface area contributed by atoms with E-state index in [-0.39, 0.29) is 12.5 Å². The number of carbonyl (C=O) groups excluding carboxylic acids is 3. The third-order valence-electron chi connectivity index (χ3n) is 6.48. The number of hydrogen-bond donors (Lipinski definition) is 1. The monoisotopic (exact) mass is 543 g/mol. The molecule has 40 heavy (non-hydrogen) atoms. The van der Waals surface area contributed by atoms with Crippen molar-refractivity contribution >= 4 is 34.5 Å². The Bertz CT molecular complexity index is 1480. The minimum atomic E-state index is -1.03. The number of aromatic nitrogens is 3. The molecular formula is C30H33N5O5. The Balaban J connectivity index is 1.80. The second-order valence-electron chi connectivity index (χ2n) is 9.69. The minimum absolute atomic E-state index is 0.168. The van der Waals surface area contributed by atoms with Gasteiger partial charge in [-0.2, -0.15) is 0 Å². The van der Waals surface area contributed by atoms with Crippen LogP contribution in [0.5, 0.6) is 5.75 Å². The summed E-state index contributed by atoms with van der Waals surface area (Å²) in [5, 5.41) is 11.3. The lowest BCUT2D eigenvalue weighted by atomic mass is 10.0. The molecule has 3 aromatic carbocycles. The Morgan fingerprint density at radius 2 is 1.73 bits per heavy atom. The lowest BCUT2D eigenvalue weighted by Crippen LogP contribution is -2.45. The van der Waals surface area contributed by atoms with E-state index in [0.29, 0.717) is 46.1 Å². The van der Waals surface area contributed by atoms with Gasteiger partial charge in [0.15, 0.2) is 0 Å². The average Bonchev–Trinajstić information content (AvgIpc) is 3.37. The summed E-state index contributed by atoms with van der Waals surface area (Å²) in [4.78, 5) is 41.4. The van der Waals surface area contributed by atoms with Gasteiger partial charge in [-0.25, -0.2) is 9.48 Å². The van der Waals surface area contributed by atoms with Gasteiger partial charge in [-0.15, -0.1) is 5.10 Å². The maximum absolute atomic E-state index is 14.1. The molecule has 0 bridgehead atoms. The number of para-hydroxylation sites is 1. The van der Waals surface area contributed by atoms with Crippen LogP contribution >= 0.6 is 0 Å². The topological polar surface area (TPSA) is 116 Å². The number of esters is 1. The summed E-state index contributed by atoms with van der Waals surface area (Å²) >= 11 is 0. The van der Waals surface area contributed by atoms with Gasteiger partial charge < -0.3 is 14.8 Å². The number of benzene rings is 3. The first-order chi connectivity index (χ1) is 19.3. The van der Waals surface area contributed by atoms with Gasteiger partial charge >= 0.3 is 5.97 Å². The second-order valence-corrected chi connectivity index (χ2v) is 9.69. The van der Waals surface area contributed by atoms with Crippen molar-refractivity contribution in [1.82, 2.24) is 20.3 Å². The van der Waals surface area contributed by atoms with E-state index in [2.05, 4.69) is 29.5 Å². The van der Waals surface area contributed by atoms with Crippen molar-refractivity contribution in [2.45, 2.75) is 32.9 Å². The quantitative estimate of drug-likeness (QED) is 0.282. The highest BCUT2D eigenvalue weighted by molar-refractivity contribution is 6.02. The highest BCUT2D eigenvalue weighted by Gasteiger charge is 2.33. The first kappa shape index (κ1) is 28.3. The van der Waals surface area contributed by atoms with E-state index in [9.17, 15) is 14.4 Å². The third kappa shape index (κ3) is 6.45. The van der Waals surface area contributed by atoms with Crippen LogP contribution in [0.2, 0.25) is 0 Å². The Labute approximate surface area is 232 Å². The van der Waals surface area contributed by atoms with Crippen molar-refractivity contribution < 1.29 is 23.9 Å². The van der Waals surface area contributed by atoms with Gasteiger partial charge in [-0.3, -0.25) is 14.5 Å². The highest BCUT2D eigenvalue weighted by Crippen LogP contribution is 2.31. The smallest absolute Gasteiger partial charge is 0.337 e. The first-order valence-corrected chi connectivity index (χ1v) is 13.0. The number of nitrogens with zero attached hydrogens (tertiary/aromatic N) is 4. The van der Waals surface area contributed by atoms with Crippen molar-refractivity contribution in [3.05, 3.63) is 83.9 Å². The molecule has 1 heterocycles. The van der Waals surface area contributed by atoms with E-state index in [0.717, 1.165) is 6.42 Å². The summed E-state index contributed by atoms with van der Waals surface area (Å²) in [6.45, 7) is 4.44. The zero-order chi connectivity index (χ0) is 28.6. The molecule has 4 rings (SSSR count). The predicted octanol–water partition coefficient (Wildman–Crippen LogP) is 4.16. The zero-order valence-electron chi connectivity index (χ0n) is 23.0.